The molecule has 7 heteroatoms. The predicted octanol–water partition coefficient (Wildman–Crippen LogP) is 1.58. The van der Waals surface area contributed by atoms with Crippen molar-refractivity contribution in [1.82, 2.24) is 19.9 Å². The molecule has 22 heavy (non-hydrogen) atoms. The first-order valence-corrected chi connectivity index (χ1v) is 7.47. The number of amides is 1. The zero-order valence-corrected chi connectivity index (χ0v) is 12.8. The highest BCUT2D eigenvalue weighted by Crippen LogP contribution is 2.31. The SMILES string of the molecule is CC(C)n1cc([C@@]2(O)CCCN(C(=O)c3ccco3)C2)nn1. The first-order valence-electron chi connectivity index (χ1n) is 7.47. The Morgan fingerprint density at radius 2 is 2.32 bits per heavy atom. The third-order valence-electron chi connectivity index (χ3n) is 4.01. The highest BCUT2D eigenvalue weighted by atomic mass is 16.3. The Hall–Kier alpha value is -2.15. The molecule has 0 radical (unpaired) electrons. The number of aliphatic hydroxyl groups is 1. The van der Waals surface area contributed by atoms with Gasteiger partial charge in [0.05, 0.1) is 19.0 Å². The summed E-state index contributed by atoms with van der Waals surface area (Å²) in [6, 6.07) is 3.48. The van der Waals surface area contributed by atoms with E-state index in [1.54, 1.807) is 27.9 Å². The van der Waals surface area contributed by atoms with Crippen LogP contribution in [-0.2, 0) is 5.60 Å². The molecular weight excluding hydrogens is 284 g/mol. The molecule has 7 nitrogen and oxygen atoms in total. The van der Waals surface area contributed by atoms with E-state index in [0.717, 1.165) is 0 Å². The minimum atomic E-state index is -1.16. The molecule has 1 aliphatic heterocycles. The van der Waals surface area contributed by atoms with Crippen LogP contribution < -0.4 is 0 Å². The predicted molar refractivity (Wildman–Crippen MR) is 78.1 cm³/mol. The van der Waals surface area contributed by atoms with Crippen molar-refractivity contribution in [1.29, 1.82) is 0 Å². The maximum Gasteiger partial charge on any atom is 0.289 e. The fourth-order valence-electron chi connectivity index (χ4n) is 2.72. The van der Waals surface area contributed by atoms with E-state index in [2.05, 4.69) is 10.3 Å². The van der Waals surface area contributed by atoms with Gasteiger partial charge in [-0.3, -0.25) is 4.79 Å². The molecule has 1 atom stereocenters. The number of aromatic nitrogens is 3. The van der Waals surface area contributed by atoms with Crippen molar-refractivity contribution in [2.45, 2.75) is 38.3 Å². The van der Waals surface area contributed by atoms with Gasteiger partial charge in [0.1, 0.15) is 11.3 Å². The summed E-state index contributed by atoms with van der Waals surface area (Å²) in [5.41, 5.74) is -0.647. The summed E-state index contributed by atoms with van der Waals surface area (Å²) < 4.78 is 6.86. The summed E-state index contributed by atoms with van der Waals surface area (Å²) in [6.45, 7) is 4.79. The zero-order chi connectivity index (χ0) is 15.7. The molecule has 1 aliphatic rings. The number of piperidine rings is 1. The first kappa shape index (κ1) is 14.8. The molecule has 3 rings (SSSR count). The molecule has 0 unspecified atom stereocenters. The van der Waals surface area contributed by atoms with Gasteiger partial charge in [-0.25, -0.2) is 4.68 Å². The largest absolute Gasteiger partial charge is 0.459 e. The zero-order valence-electron chi connectivity index (χ0n) is 12.8. The first-order chi connectivity index (χ1) is 10.5. The Bertz CT molecular complexity index is 650. The van der Waals surface area contributed by atoms with Crippen molar-refractivity contribution in [3.05, 3.63) is 36.0 Å². The van der Waals surface area contributed by atoms with Crippen LogP contribution in [0.5, 0.6) is 0 Å². The van der Waals surface area contributed by atoms with Crippen LogP contribution in [-0.4, -0.2) is 44.0 Å². The summed E-state index contributed by atoms with van der Waals surface area (Å²) >= 11 is 0. The monoisotopic (exact) mass is 304 g/mol. The molecule has 0 saturated carbocycles. The standard InChI is InChI=1S/C15H20N4O3/c1-11(2)19-9-13(16-17-19)15(21)6-4-7-18(10-15)14(20)12-5-3-8-22-12/h3,5,8-9,11,21H,4,6-7,10H2,1-2H3/t15-/m1/s1. The van der Waals surface area contributed by atoms with Gasteiger partial charge >= 0.3 is 0 Å². The lowest BCUT2D eigenvalue weighted by Crippen LogP contribution is -2.48. The van der Waals surface area contributed by atoms with Crippen LogP contribution in [0.4, 0.5) is 0 Å². The van der Waals surface area contributed by atoms with Crippen molar-refractivity contribution in [2.75, 3.05) is 13.1 Å². The van der Waals surface area contributed by atoms with Gasteiger partial charge in [0.2, 0.25) is 0 Å². The fourth-order valence-corrected chi connectivity index (χ4v) is 2.72. The van der Waals surface area contributed by atoms with E-state index in [1.165, 1.54) is 6.26 Å². The average Bonchev–Trinajstić information content (AvgIpc) is 3.18. The van der Waals surface area contributed by atoms with Crippen molar-refractivity contribution in [3.8, 4) is 0 Å². The molecule has 0 bridgehead atoms. The molecule has 3 heterocycles. The van der Waals surface area contributed by atoms with Crippen LogP contribution in [0.3, 0.4) is 0 Å². The van der Waals surface area contributed by atoms with E-state index in [-0.39, 0.29) is 24.3 Å². The van der Waals surface area contributed by atoms with E-state index in [0.29, 0.717) is 25.1 Å². The molecule has 1 fully saturated rings. The number of rotatable bonds is 3. The van der Waals surface area contributed by atoms with Crippen LogP contribution in [0, 0.1) is 0 Å². The molecule has 0 aromatic carbocycles. The Balaban J connectivity index is 1.80. The molecule has 2 aromatic rings. The number of likely N-dealkylation sites (tertiary alicyclic amines) is 1. The lowest BCUT2D eigenvalue weighted by molar-refractivity contribution is -0.0328. The molecule has 1 saturated heterocycles. The quantitative estimate of drug-likeness (QED) is 0.930. The molecule has 1 amide bonds. The normalized spacial score (nSPS) is 22.3. The van der Waals surface area contributed by atoms with Gasteiger partial charge < -0.3 is 14.4 Å². The Kier molecular flexibility index (Phi) is 3.74. The smallest absolute Gasteiger partial charge is 0.289 e. The van der Waals surface area contributed by atoms with Crippen LogP contribution in [0.1, 0.15) is 49.0 Å². The number of β-amino-alcohol motifs (C(OH)–C–C–N with tert-alkyl or cyclic N) is 1. The Labute approximate surface area is 128 Å². The number of carbonyl (C=O) groups excluding carboxylic acids is 1. The van der Waals surface area contributed by atoms with Gasteiger partial charge in [0.15, 0.2) is 5.76 Å². The van der Waals surface area contributed by atoms with Crippen LogP contribution in [0.25, 0.3) is 0 Å². The van der Waals surface area contributed by atoms with E-state index in [9.17, 15) is 9.90 Å². The Morgan fingerprint density at radius 3 is 2.95 bits per heavy atom. The topological polar surface area (TPSA) is 84.4 Å². The van der Waals surface area contributed by atoms with Crippen LogP contribution in [0.2, 0.25) is 0 Å². The summed E-state index contributed by atoms with van der Waals surface area (Å²) in [5.74, 6) is 0.0782. The summed E-state index contributed by atoms with van der Waals surface area (Å²) in [4.78, 5) is 14.0. The number of furan rings is 1. The van der Waals surface area contributed by atoms with E-state index in [1.807, 2.05) is 13.8 Å². The van der Waals surface area contributed by atoms with Gasteiger partial charge in [-0.15, -0.1) is 5.10 Å². The van der Waals surface area contributed by atoms with Crippen LogP contribution in [0.15, 0.2) is 29.0 Å². The lowest BCUT2D eigenvalue weighted by atomic mass is 9.90. The van der Waals surface area contributed by atoms with Gasteiger partial charge in [0.25, 0.3) is 5.91 Å². The molecule has 0 aliphatic carbocycles. The highest BCUT2D eigenvalue weighted by Gasteiger charge is 2.39. The van der Waals surface area contributed by atoms with Crippen molar-refractivity contribution in [3.63, 3.8) is 0 Å². The Morgan fingerprint density at radius 1 is 1.50 bits per heavy atom. The van der Waals surface area contributed by atoms with Crippen molar-refractivity contribution in [2.24, 2.45) is 0 Å². The third kappa shape index (κ3) is 2.64. The number of hydrogen-bond donors (Lipinski definition) is 1. The summed E-state index contributed by atoms with van der Waals surface area (Å²) in [6.07, 6.45) is 4.49. The molecule has 118 valence electrons. The molecule has 0 spiro atoms. The second kappa shape index (κ2) is 5.57. The van der Waals surface area contributed by atoms with Crippen molar-refractivity contribution >= 4 is 5.91 Å². The number of hydrogen-bond acceptors (Lipinski definition) is 5. The summed E-state index contributed by atoms with van der Waals surface area (Å²) in [7, 11) is 0. The second-order valence-electron chi connectivity index (χ2n) is 6.02. The third-order valence-corrected chi connectivity index (χ3v) is 4.01. The molecular formula is C15H20N4O3. The lowest BCUT2D eigenvalue weighted by Gasteiger charge is -2.37. The van der Waals surface area contributed by atoms with Crippen molar-refractivity contribution < 1.29 is 14.3 Å². The fraction of sp³-hybridized carbons (Fsp3) is 0.533. The minimum Gasteiger partial charge on any atom is -0.459 e. The molecule has 1 N–H and O–H groups in total. The van der Waals surface area contributed by atoms with E-state index in [4.69, 9.17) is 4.42 Å². The van der Waals surface area contributed by atoms with Gasteiger partial charge in [-0.1, -0.05) is 5.21 Å². The summed E-state index contributed by atoms with van der Waals surface area (Å²) in [5, 5.41) is 19.0. The van der Waals surface area contributed by atoms with Crippen LogP contribution >= 0.6 is 0 Å². The van der Waals surface area contributed by atoms with Gasteiger partial charge in [-0.2, -0.15) is 0 Å². The number of carbonyl (C=O) groups is 1. The average molecular weight is 304 g/mol. The van der Waals surface area contributed by atoms with E-state index >= 15 is 0 Å². The second-order valence-corrected chi connectivity index (χ2v) is 6.02. The van der Waals surface area contributed by atoms with E-state index < -0.39 is 5.60 Å². The highest BCUT2D eigenvalue weighted by molar-refractivity contribution is 5.91. The molecule has 2 aromatic heterocycles. The van der Waals surface area contributed by atoms with Gasteiger partial charge in [-0.05, 0) is 38.8 Å². The maximum atomic E-state index is 12.4. The van der Waals surface area contributed by atoms with Gasteiger partial charge in [0, 0.05) is 12.6 Å². The minimum absolute atomic E-state index is 0.175. The maximum absolute atomic E-state index is 12.4. The number of nitrogens with zero attached hydrogens (tertiary/aromatic N) is 4.